The Bertz CT molecular complexity index is 1070. The SMILES string of the molecule is Cc1c(F)ccc2cc(C(C)NC(=O)O)c(N3CCN(c4cnccn4)CC3)nc12. The number of rotatable bonds is 4. The van der Waals surface area contributed by atoms with Crippen LogP contribution in [0, 0.1) is 12.7 Å². The smallest absolute Gasteiger partial charge is 0.405 e. The second-order valence-corrected chi connectivity index (χ2v) is 7.35. The molecule has 8 nitrogen and oxygen atoms in total. The molecule has 0 saturated carbocycles. The number of piperazine rings is 1. The maximum atomic E-state index is 14.1. The van der Waals surface area contributed by atoms with Gasteiger partial charge in [-0.2, -0.15) is 0 Å². The number of pyridine rings is 1. The van der Waals surface area contributed by atoms with Gasteiger partial charge in [0.25, 0.3) is 0 Å². The number of fused-ring (bicyclic) bond motifs is 1. The van der Waals surface area contributed by atoms with Crippen LogP contribution in [0.4, 0.5) is 20.8 Å². The highest BCUT2D eigenvalue weighted by Gasteiger charge is 2.25. The van der Waals surface area contributed by atoms with Crippen molar-refractivity contribution >= 4 is 28.6 Å². The molecule has 0 aliphatic carbocycles. The van der Waals surface area contributed by atoms with Gasteiger partial charge in [0.05, 0.1) is 17.8 Å². The molecule has 1 unspecified atom stereocenters. The standard InChI is InChI=1S/C21H23FN6O2/c1-13-17(22)4-3-15-11-16(14(2)25-21(29)30)20(26-19(13)15)28-9-7-27(8-10-28)18-12-23-5-6-24-18/h3-6,11-12,14,25H,7-10H2,1-2H3,(H,29,30). The van der Waals surface area contributed by atoms with E-state index in [1.54, 1.807) is 38.5 Å². The minimum atomic E-state index is -1.10. The molecule has 1 aliphatic heterocycles. The van der Waals surface area contributed by atoms with Crippen LogP contribution in [-0.4, -0.2) is 52.3 Å². The summed E-state index contributed by atoms with van der Waals surface area (Å²) < 4.78 is 14.1. The van der Waals surface area contributed by atoms with Gasteiger partial charge in [-0.3, -0.25) is 4.98 Å². The predicted octanol–water partition coefficient (Wildman–Crippen LogP) is 3.13. The van der Waals surface area contributed by atoms with Gasteiger partial charge in [-0.25, -0.2) is 19.2 Å². The lowest BCUT2D eigenvalue weighted by Crippen LogP contribution is -2.47. The number of aryl methyl sites for hydroxylation is 1. The molecule has 0 radical (unpaired) electrons. The van der Waals surface area contributed by atoms with Gasteiger partial charge in [-0.15, -0.1) is 0 Å². The number of anilines is 2. The van der Waals surface area contributed by atoms with Gasteiger partial charge in [0.2, 0.25) is 0 Å². The van der Waals surface area contributed by atoms with Crippen LogP contribution in [0.3, 0.4) is 0 Å². The van der Waals surface area contributed by atoms with E-state index in [1.807, 2.05) is 6.07 Å². The van der Waals surface area contributed by atoms with Crippen LogP contribution in [0.5, 0.6) is 0 Å². The average Bonchev–Trinajstić information content (AvgIpc) is 2.76. The van der Waals surface area contributed by atoms with E-state index < -0.39 is 12.1 Å². The van der Waals surface area contributed by atoms with Gasteiger partial charge in [0.15, 0.2) is 0 Å². The Morgan fingerprint density at radius 3 is 2.60 bits per heavy atom. The second-order valence-electron chi connectivity index (χ2n) is 7.35. The number of carboxylic acid groups (broad SMARTS) is 1. The molecule has 3 heterocycles. The zero-order chi connectivity index (χ0) is 21.3. The quantitative estimate of drug-likeness (QED) is 0.682. The van der Waals surface area contributed by atoms with Crippen LogP contribution in [0.2, 0.25) is 0 Å². The first-order valence-electron chi connectivity index (χ1n) is 9.79. The summed E-state index contributed by atoms with van der Waals surface area (Å²) >= 11 is 0. The van der Waals surface area contributed by atoms with Gasteiger partial charge in [0, 0.05) is 55.1 Å². The second kappa shape index (κ2) is 8.10. The van der Waals surface area contributed by atoms with Crippen LogP contribution in [0.15, 0.2) is 36.8 Å². The van der Waals surface area contributed by atoms with Crippen molar-refractivity contribution in [1.29, 1.82) is 0 Å². The molecule has 0 spiro atoms. The highest BCUT2D eigenvalue weighted by Crippen LogP contribution is 2.31. The third-order valence-corrected chi connectivity index (χ3v) is 5.44. The van der Waals surface area contributed by atoms with Crippen LogP contribution in [0.1, 0.15) is 24.1 Å². The van der Waals surface area contributed by atoms with Crippen molar-refractivity contribution in [3.63, 3.8) is 0 Å². The molecule has 4 rings (SSSR count). The fourth-order valence-corrected chi connectivity index (χ4v) is 3.80. The fourth-order valence-electron chi connectivity index (χ4n) is 3.80. The molecule has 2 N–H and O–H groups in total. The Hall–Kier alpha value is -3.49. The predicted molar refractivity (Wildman–Crippen MR) is 112 cm³/mol. The first-order chi connectivity index (χ1) is 14.4. The molecule has 1 aromatic carbocycles. The van der Waals surface area contributed by atoms with E-state index in [1.165, 1.54) is 6.07 Å². The summed E-state index contributed by atoms with van der Waals surface area (Å²) in [6.45, 7) is 6.29. The van der Waals surface area contributed by atoms with Crippen LogP contribution in [0.25, 0.3) is 10.9 Å². The molecule has 156 valence electrons. The van der Waals surface area contributed by atoms with Crippen molar-refractivity contribution in [3.05, 3.63) is 53.7 Å². The molecular weight excluding hydrogens is 387 g/mol. The lowest BCUT2D eigenvalue weighted by Gasteiger charge is -2.37. The van der Waals surface area contributed by atoms with Crippen molar-refractivity contribution in [3.8, 4) is 0 Å². The molecular formula is C21H23FN6O2. The Morgan fingerprint density at radius 1 is 1.20 bits per heavy atom. The molecule has 3 aromatic rings. The number of nitrogens with zero attached hydrogens (tertiary/aromatic N) is 5. The summed E-state index contributed by atoms with van der Waals surface area (Å²) in [4.78, 5) is 28.8. The largest absolute Gasteiger partial charge is 0.465 e. The van der Waals surface area contributed by atoms with Gasteiger partial charge >= 0.3 is 6.09 Å². The zero-order valence-corrected chi connectivity index (χ0v) is 16.8. The summed E-state index contributed by atoms with van der Waals surface area (Å²) in [5.74, 6) is 1.19. The number of carbonyl (C=O) groups is 1. The average molecular weight is 410 g/mol. The van der Waals surface area contributed by atoms with Crippen LogP contribution >= 0.6 is 0 Å². The monoisotopic (exact) mass is 410 g/mol. The van der Waals surface area contributed by atoms with Crippen LogP contribution < -0.4 is 15.1 Å². The number of aromatic nitrogens is 3. The summed E-state index contributed by atoms with van der Waals surface area (Å²) in [5, 5.41) is 12.5. The number of hydrogen-bond acceptors (Lipinski definition) is 6. The first kappa shape index (κ1) is 19.8. The zero-order valence-electron chi connectivity index (χ0n) is 16.8. The van der Waals surface area contributed by atoms with Gasteiger partial charge < -0.3 is 20.2 Å². The van der Waals surface area contributed by atoms with E-state index in [2.05, 4.69) is 25.1 Å². The van der Waals surface area contributed by atoms with Crippen molar-refractivity contribution in [2.75, 3.05) is 36.0 Å². The molecule has 1 fully saturated rings. The minimum Gasteiger partial charge on any atom is -0.465 e. The number of nitrogens with one attached hydrogen (secondary N) is 1. The number of amides is 1. The lowest BCUT2D eigenvalue weighted by atomic mass is 10.0. The number of hydrogen-bond donors (Lipinski definition) is 2. The molecule has 1 atom stereocenters. The van der Waals surface area contributed by atoms with Crippen LogP contribution in [-0.2, 0) is 0 Å². The Balaban J connectivity index is 1.69. The van der Waals surface area contributed by atoms with E-state index in [0.29, 0.717) is 30.0 Å². The van der Waals surface area contributed by atoms with Gasteiger partial charge in [-0.05, 0) is 32.0 Å². The summed E-state index contributed by atoms with van der Waals surface area (Å²) in [6.07, 6.45) is 3.95. The topological polar surface area (TPSA) is 94.5 Å². The maximum Gasteiger partial charge on any atom is 0.405 e. The Kier molecular flexibility index (Phi) is 5.35. The third-order valence-electron chi connectivity index (χ3n) is 5.44. The highest BCUT2D eigenvalue weighted by molar-refractivity contribution is 5.85. The van der Waals surface area contributed by atoms with E-state index in [-0.39, 0.29) is 5.82 Å². The maximum absolute atomic E-state index is 14.1. The number of halogens is 1. The number of benzene rings is 1. The molecule has 2 aromatic heterocycles. The molecule has 0 bridgehead atoms. The normalized spacial score (nSPS) is 15.3. The van der Waals surface area contributed by atoms with Crippen molar-refractivity contribution < 1.29 is 14.3 Å². The Labute approximate surface area is 173 Å². The summed E-state index contributed by atoms with van der Waals surface area (Å²) in [6, 6.07) is 4.53. The van der Waals surface area contributed by atoms with Crippen molar-refractivity contribution in [2.24, 2.45) is 0 Å². The Morgan fingerprint density at radius 2 is 1.93 bits per heavy atom. The van der Waals surface area contributed by atoms with Crippen molar-refractivity contribution in [2.45, 2.75) is 19.9 Å². The minimum absolute atomic E-state index is 0.308. The van der Waals surface area contributed by atoms with E-state index in [4.69, 9.17) is 4.98 Å². The third kappa shape index (κ3) is 3.83. The lowest BCUT2D eigenvalue weighted by molar-refractivity contribution is 0.191. The molecule has 30 heavy (non-hydrogen) atoms. The molecule has 1 saturated heterocycles. The van der Waals surface area contributed by atoms with Crippen molar-refractivity contribution in [1.82, 2.24) is 20.3 Å². The van der Waals surface area contributed by atoms with Gasteiger partial charge in [-0.1, -0.05) is 0 Å². The highest BCUT2D eigenvalue weighted by atomic mass is 19.1. The summed E-state index contributed by atoms with van der Waals surface area (Å²) in [5.41, 5.74) is 1.84. The fraction of sp³-hybridized carbons (Fsp3) is 0.333. The molecule has 1 amide bonds. The van der Waals surface area contributed by atoms with E-state index >= 15 is 0 Å². The summed E-state index contributed by atoms with van der Waals surface area (Å²) in [7, 11) is 0. The molecule has 1 aliphatic rings. The van der Waals surface area contributed by atoms with E-state index in [0.717, 1.165) is 29.9 Å². The van der Waals surface area contributed by atoms with Gasteiger partial charge in [0.1, 0.15) is 17.5 Å². The molecule has 9 heteroatoms. The first-order valence-corrected chi connectivity index (χ1v) is 9.79. The van der Waals surface area contributed by atoms with E-state index in [9.17, 15) is 14.3 Å².